The summed E-state index contributed by atoms with van der Waals surface area (Å²) in [5, 5.41) is 11.1. The number of thiophene rings is 1. The maximum atomic E-state index is 15.2. The number of likely N-dealkylation sites (tertiary alicyclic amines) is 1. The normalized spacial score (nSPS) is 16.8. The Morgan fingerprint density at radius 1 is 1.10 bits per heavy atom. The van der Waals surface area contributed by atoms with E-state index in [2.05, 4.69) is 62.0 Å². The average molecular weight is 438 g/mol. The summed E-state index contributed by atoms with van der Waals surface area (Å²) < 4.78 is 17.1. The molecule has 0 spiro atoms. The van der Waals surface area contributed by atoms with E-state index >= 15 is 4.39 Å². The van der Waals surface area contributed by atoms with Crippen molar-refractivity contribution in [2.45, 2.75) is 44.2 Å². The van der Waals surface area contributed by atoms with Crippen LogP contribution in [-0.4, -0.2) is 50.0 Å². The fraction of sp³-hybridized carbons (Fsp3) is 0.417. The van der Waals surface area contributed by atoms with E-state index in [9.17, 15) is 0 Å². The second-order valence-electron chi connectivity index (χ2n) is 8.59. The Hall–Kier alpha value is -2.51. The van der Waals surface area contributed by atoms with E-state index in [0.29, 0.717) is 19.3 Å². The van der Waals surface area contributed by atoms with Crippen LogP contribution in [0, 0.1) is 0 Å². The smallest absolute Gasteiger partial charge is 0.123 e. The first kappa shape index (κ1) is 20.4. The molecule has 5 rings (SSSR count). The molecule has 1 N–H and O–H groups in total. The van der Waals surface area contributed by atoms with Crippen LogP contribution >= 0.6 is 11.3 Å². The molecule has 0 radical (unpaired) electrons. The van der Waals surface area contributed by atoms with Gasteiger partial charge >= 0.3 is 0 Å². The van der Waals surface area contributed by atoms with Gasteiger partial charge in [-0.05, 0) is 80.3 Å². The standard InChI is InChI=1S/C24H28FN5S/c25-24(8-7-21-4-2-14-31-21)9-12-29(13-10-24)11-1-3-19-16-26-23-6-5-20(15-22(19)23)30-17-27-28-18-30/h2,4-6,14-18,26H,1,3,7-13H2. The van der Waals surface area contributed by atoms with Gasteiger partial charge in [-0.1, -0.05) is 6.07 Å². The molecule has 4 heterocycles. The van der Waals surface area contributed by atoms with Crippen LogP contribution in [0.2, 0.25) is 0 Å². The van der Waals surface area contributed by atoms with Crippen molar-refractivity contribution in [1.82, 2.24) is 24.6 Å². The Bertz CT molecular complexity index is 1090. The molecule has 162 valence electrons. The number of nitrogens with one attached hydrogen (secondary N) is 1. The van der Waals surface area contributed by atoms with Gasteiger partial charge in [0, 0.05) is 40.8 Å². The number of hydrogen-bond acceptors (Lipinski definition) is 4. The van der Waals surface area contributed by atoms with Crippen molar-refractivity contribution in [2.75, 3.05) is 19.6 Å². The molecule has 0 aliphatic carbocycles. The van der Waals surface area contributed by atoms with Crippen LogP contribution in [0.1, 0.15) is 36.1 Å². The van der Waals surface area contributed by atoms with Gasteiger partial charge in [0.15, 0.2) is 0 Å². The molecule has 0 atom stereocenters. The highest BCUT2D eigenvalue weighted by molar-refractivity contribution is 7.09. The number of alkyl halides is 1. The number of aryl methyl sites for hydroxylation is 2. The van der Waals surface area contributed by atoms with Gasteiger partial charge in [0.05, 0.1) is 0 Å². The lowest BCUT2D eigenvalue weighted by molar-refractivity contribution is 0.0510. The highest BCUT2D eigenvalue weighted by Gasteiger charge is 2.33. The van der Waals surface area contributed by atoms with Crippen LogP contribution in [0.15, 0.2) is 54.6 Å². The van der Waals surface area contributed by atoms with Gasteiger partial charge in [-0.2, -0.15) is 0 Å². The van der Waals surface area contributed by atoms with Crippen LogP contribution in [0.25, 0.3) is 16.6 Å². The van der Waals surface area contributed by atoms with Crippen LogP contribution in [0.3, 0.4) is 0 Å². The average Bonchev–Trinajstić information content (AvgIpc) is 3.56. The number of hydrogen-bond donors (Lipinski definition) is 1. The van der Waals surface area contributed by atoms with Gasteiger partial charge in [-0.25, -0.2) is 4.39 Å². The molecule has 5 nitrogen and oxygen atoms in total. The molecule has 0 saturated carbocycles. The lowest BCUT2D eigenvalue weighted by Gasteiger charge is -2.36. The molecule has 0 amide bonds. The van der Waals surface area contributed by atoms with Gasteiger partial charge in [0.25, 0.3) is 0 Å². The third-order valence-electron chi connectivity index (χ3n) is 6.54. The molecule has 0 bridgehead atoms. The molecule has 4 aromatic rings. The minimum atomic E-state index is -0.990. The third-order valence-corrected chi connectivity index (χ3v) is 7.48. The van der Waals surface area contributed by atoms with E-state index in [0.717, 1.165) is 50.1 Å². The quantitative estimate of drug-likeness (QED) is 0.413. The van der Waals surface area contributed by atoms with Crippen molar-refractivity contribution in [1.29, 1.82) is 0 Å². The number of nitrogens with zero attached hydrogens (tertiary/aromatic N) is 4. The Balaban J connectivity index is 1.12. The Kier molecular flexibility index (Phi) is 5.87. The second-order valence-corrected chi connectivity index (χ2v) is 9.62. The number of benzene rings is 1. The molecule has 1 saturated heterocycles. The van der Waals surface area contributed by atoms with Crippen LogP contribution < -0.4 is 0 Å². The monoisotopic (exact) mass is 437 g/mol. The summed E-state index contributed by atoms with van der Waals surface area (Å²) >= 11 is 1.73. The number of aromatic nitrogens is 4. The number of halogens is 1. The lowest BCUT2D eigenvalue weighted by atomic mass is 9.88. The molecular formula is C24H28FN5S. The predicted octanol–water partition coefficient (Wildman–Crippen LogP) is 5.18. The van der Waals surface area contributed by atoms with Gasteiger partial charge < -0.3 is 9.88 Å². The maximum absolute atomic E-state index is 15.2. The Labute approximate surface area is 185 Å². The Morgan fingerprint density at radius 2 is 1.94 bits per heavy atom. The van der Waals surface area contributed by atoms with Crippen molar-refractivity contribution in [3.8, 4) is 5.69 Å². The molecule has 1 aliphatic heterocycles. The van der Waals surface area contributed by atoms with E-state index < -0.39 is 5.67 Å². The first-order valence-corrected chi connectivity index (χ1v) is 12.0. The second kappa shape index (κ2) is 8.93. The molecule has 1 aromatic carbocycles. The van der Waals surface area contributed by atoms with Gasteiger partial charge in [-0.3, -0.25) is 4.57 Å². The first-order valence-electron chi connectivity index (χ1n) is 11.1. The molecule has 31 heavy (non-hydrogen) atoms. The largest absolute Gasteiger partial charge is 0.361 e. The fourth-order valence-corrected chi connectivity index (χ4v) is 5.30. The topological polar surface area (TPSA) is 49.7 Å². The van der Waals surface area contributed by atoms with Crippen LogP contribution in [-0.2, 0) is 12.8 Å². The van der Waals surface area contributed by atoms with Gasteiger partial charge in [0.2, 0.25) is 0 Å². The number of aromatic amines is 1. The van der Waals surface area contributed by atoms with Gasteiger partial charge in [0.1, 0.15) is 18.3 Å². The lowest BCUT2D eigenvalue weighted by Crippen LogP contribution is -2.42. The minimum Gasteiger partial charge on any atom is -0.361 e. The summed E-state index contributed by atoms with van der Waals surface area (Å²) in [7, 11) is 0. The van der Waals surface area contributed by atoms with E-state index in [1.807, 2.05) is 4.57 Å². The van der Waals surface area contributed by atoms with Crippen molar-refractivity contribution in [3.63, 3.8) is 0 Å². The molecule has 0 unspecified atom stereocenters. The number of rotatable bonds is 8. The zero-order valence-corrected chi connectivity index (χ0v) is 18.5. The molecule has 1 aliphatic rings. The van der Waals surface area contributed by atoms with Crippen molar-refractivity contribution >= 4 is 22.2 Å². The van der Waals surface area contributed by atoms with Gasteiger partial charge in [-0.15, -0.1) is 21.5 Å². The summed E-state index contributed by atoms with van der Waals surface area (Å²) in [5.41, 5.74) is 2.56. The zero-order chi connectivity index (χ0) is 21.1. The molecule has 1 fully saturated rings. The Morgan fingerprint density at radius 3 is 2.71 bits per heavy atom. The van der Waals surface area contributed by atoms with Crippen molar-refractivity contribution in [2.24, 2.45) is 0 Å². The summed E-state index contributed by atoms with van der Waals surface area (Å²) in [6.45, 7) is 2.76. The van der Waals surface area contributed by atoms with Crippen LogP contribution in [0.4, 0.5) is 4.39 Å². The van der Waals surface area contributed by atoms with E-state index in [4.69, 9.17) is 0 Å². The highest BCUT2D eigenvalue weighted by Crippen LogP contribution is 2.32. The summed E-state index contributed by atoms with van der Waals surface area (Å²) in [6.07, 6.45) is 10.5. The number of fused-ring (bicyclic) bond motifs is 1. The van der Waals surface area contributed by atoms with Crippen LogP contribution in [0.5, 0.6) is 0 Å². The van der Waals surface area contributed by atoms with E-state index in [1.54, 1.807) is 24.0 Å². The van der Waals surface area contributed by atoms with Crippen molar-refractivity contribution in [3.05, 3.63) is 65.0 Å². The molecular weight excluding hydrogens is 409 g/mol. The van der Waals surface area contributed by atoms with Crippen molar-refractivity contribution < 1.29 is 4.39 Å². The predicted molar refractivity (Wildman–Crippen MR) is 124 cm³/mol. The highest BCUT2D eigenvalue weighted by atomic mass is 32.1. The van der Waals surface area contributed by atoms with E-state index in [-0.39, 0.29) is 0 Å². The van der Waals surface area contributed by atoms with E-state index in [1.165, 1.54) is 15.8 Å². The SMILES string of the molecule is FC1(CCc2cccs2)CCN(CCCc2c[nH]c3ccc(-n4cnnc4)cc23)CC1. The summed E-state index contributed by atoms with van der Waals surface area (Å²) in [4.78, 5) is 7.11. The minimum absolute atomic E-state index is 0.658. The summed E-state index contributed by atoms with van der Waals surface area (Å²) in [5.74, 6) is 0. The fourth-order valence-electron chi connectivity index (χ4n) is 4.59. The summed E-state index contributed by atoms with van der Waals surface area (Å²) in [6, 6.07) is 10.5. The number of piperidine rings is 1. The third kappa shape index (κ3) is 4.72. The molecule has 3 aromatic heterocycles. The maximum Gasteiger partial charge on any atom is 0.123 e. The molecule has 7 heteroatoms. The zero-order valence-electron chi connectivity index (χ0n) is 17.6. The number of H-pyrrole nitrogens is 1. The first-order chi connectivity index (χ1) is 15.2.